The molecule has 0 aliphatic rings. The molecule has 2 aromatic carbocycles. The number of halogens is 1. The van der Waals surface area contributed by atoms with Crippen molar-refractivity contribution in [1.82, 2.24) is 10.2 Å². The van der Waals surface area contributed by atoms with Gasteiger partial charge in [-0.05, 0) is 55.2 Å². The molecular formula is C25H33ClN2O4. The Bertz CT molecular complexity index is 886. The van der Waals surface area contributed by atoms with Crippen LogP contribution in [-0.4, -0.2) is 43.5 Å². The van der Waals surface area contributed by atoms with E-state index in [4.69, 9.17) is 21.1 Å². The normalized spacial score (nSPS) is 11.5. The number of nitrogens with zero attached hydrogens (tertiary/aromatic N) is 1. The van der Waals surface area contributed by atoms with Crippen molar-refractivity contribution in [3.8, 4) is 11.5 Å². The lowest BCUT2D eigenvalue weighted by Gasteiger charge is -2.29. The lowest BCUT2D eigenvalue weighted by atomic mass is 10.1. The van der Waals surface area contributed by atoms with Crippen LogP contribution in [0.15, 0.2) is 42.5 Å². The Morgan fingerprint density at radius 2 is 1.69 bits per heavy atom. The van der Waals surface area contributed by atoms with Crippen molar-refractivity contribution < 1.29 is 19.1 Å². The number of nitrogens with one attached hydrogen (secondary N) is 1. The lowest BCUT2D eigenvalue weighted by molar-refractivity contribution is -0.140. The van der Waals surface area contributed by atoms with Crippen molar-refractivity contribution in [2.75, 3.05) is 20.8 Å². The van der Waals surface area contributed by atoms with Gasteiger partial charge in [-0.25, -0.2) is 0 Å². The number of unbranched alkanes of at least 4 members (excludes halogenated alkanes) is 1. The monoisotopic (exact) mass is 460 g/mol. The van der Waals surface area contributed by atoms with Crippen LogP contribution < -0.4 is 14.8 Å². The molecule has 2 aromatic rings. The van der Waals surface area contributed by atoms with Gasteiger partial charge in [0.1, 0.15) is 6.04 Å². The Balaban J connectivity index is 2.13. The van der Waals surface area contributed by atoms with E-state index in [0.717, 1.165) is 24.0 Å². The van der Waals surface area contributed by atoms with E-state index in [0.29, 0.717) is 36.0 Å². The smallest absolute Gasteiger partial charge is 0.242 e. The number of rotatable bonds is 12. The molecule has 32 heavy (non-hydrogen) atoms. The molecule has 6 nitrogen and oxygen atoms in total. The minimum absolute atomic E-state index is 0.0899. The summed E-state index contributed by atoms with van der Waals surface area (Å²) in [6.45, 7) is 4.78. The number of ether oxygens (including phenoxy) is 2. The van der Waals surface area contributed by atoms with Crippen LogP contribution in [0.1, 0.15) is 44.2 Å². The largest absolute Gasteiger partial charge is 0.493 e. The van der Waals surface area contributed by atoms with Gasteiger partial charge < -0.3 is 19.7 Å². The summed E-state index contributed by atoms with van der Waals surface area (Å²) in [5.74, 6) is 1.03. The Hall–Kier alpha value is -2.73. The molecule has 0 heterocycles. The van der Waals surface area contributed by atoms with Gasteiger partial charge in [-0.1, -0.05) is 43.1 Å². The first-order chi connectivity index (χ1) is 15.4. The van der Waals surface area contributed by atoms with Gasteiger partial charge in [0.15, 0.2) is 11.5 Å². The highest BCUT2D eigenvalue weighted by molar-refractivity contribution is 6.30. The maximum absolute atomic E-state index is 13.2. The first-order valence-corrected chi connectivity index (χ1v) is 11.3. The Morgan fingerprint density at radius 3 is 2.31 bits per heavy atom. The predicted molar refractivity (Wildman–Crippen MR) is 127 cm³/mol. The summed E-state index contributed by atoms with van der Waals surface area (Å²) < 4.78 is 10.6. The van der Waals surface area contributed by atoms with Gasteiger partial charge in [0.05, 0.1) is 14.2 Å². The topological polar surface area (TPSA) is 67.9 Å². The maximum atomic E-state index is 13.2. The van der Waals surface area contributed by atoms with E-state index in [2.05, 4.69) is 12.2 Å². The number of benzene rings is 2. The molecule has 1 N–H and O–H groups in total. The van der Waals surface area contributed by atoms with E-state index in [1.807, 2.05) is 30.3 Å². The average Bonchev–Trinajstić information content (AvgIpc) is 2.81. The molecule has 0 saturated carbocycles. The second-order valence-corrected chi connectivity index (χ2v) is 8.09. The van der Waals surface area contributed by atoms with Crippen LogP contribution in [0, 0.1) is 0 Å². The molecule has 0 aliphatic carbocycles. The summed E-state index contributed by atoms with van der Waals surface area (Å²) in [4.78, 5) is 27.5. The third kappa shape index (κ3) is 7.45. The molecule has 174 valence electrons. The third-order valence-electron chi connectivity index (χ3n) is 5.34. The molecular weight excluding hydrogens is 428 g/mol. The van der Waals surface area contributed by atoms with Crippen molar-refractivity contribution in [2.45, 2.75) is 52.1 Å². The van der Waals surface area contributed by atoms with Gasteiger partial charge in [-0.2, -0.15) is 0 Å². The zero-order valence-corrected chi connectivity index (χ0v) is 20.1. The van der Waals surface area contributed by atoms with E-state index >= 15 is 0 Å². The fourth-order valence-corrected chi connectivity index (χ4v) is 3.46. The van der Waals surface area contributed by atoms with Gasteiger partial charge in [0.2, 0.25) is 11.8 Å². The first-order valence-electron chi connectivity index (χ1n) is 10.9. The maximum Gasteiger partial charge on any atom is 0.242 e. The van der Waals surface area contributed by atoms with Crippen LogP contribution in [-0.2, 0) is 22.6 Å². The summed E-state index contributed by atoms with van der Waals surface area (Å²) in [6.07, 6.45) is 2.70. The van der Waals surface area contributed by atoms with Crippen LogP contribution in [0.5, 0.6) is 11.5 Å². The molecule has 2 amide bonds. The fraction of sp³-hybridized carbons (Fsp3) is 0.440. The second kappa shape index (κ2) is 13.0. The molecule has 0 saturated heterocycles. The molecule has 0 unspecified atom stereocenters. The van der Waals surface area contributed by atoms with E-state index in [-0.39, 0.29) is 18.2 Å². The van der Waals surface area contributed by atoms with Gasteiger partial charge in [0, 0.05) is 24.5 Å². The highest BCUT2D eigenvalue weighted by Gasteiger charge is 2.25. The van der Waals surface area contributed by atoms with E-state index < -0.39 is 6.04 Å². The molecule has 1 atom stereocenters. The Kier molecular flexibility index (Phi) is 10.3. The first kappa shape index (κ1) is 25.5. The van der Waals surface area contributed by atoms with Crippen LogP contribution in [0.2, 0.25) is 5.02 Å². The van der Waals surface area contributed by atoms with Crippen molar-refractivity contribution in [2.24, 2.45) is 0 Å². The molecule has 0 fully saturated rings. The Morgan fingerprint density at radius 1 is 1.03 bits per heavy atom. The number of amides is 2. The van der Waals surface area contributed by atoms with Crippen LogP contribution in [0.3, 0.4) is 0 Å². The SMILES string of the molecule is CCCCNC(=O)[C@H](C)N(Cc1ccc(Cl)cc1)C(=O)CCc1ccc(OC)c(OC)c1. The Labute approximate surface area is 195 Å². The average molecular weight is 461 g/mol. The molecule has 0 aromatic heterocycles. The van der Waals surface area contributed by atoms with Crippen molar-refractivity contribution in [3.05, 3.63) is 58.6 Å². The molecule has 2 rings (SSSR count). The number of aryl methyl sites for hydroxylation is 1. The lowest BCUT2D eigenvalue weighted by Crippen LogP contribution is -2.47. The van der Waals surface area contributed by atoms with Gasteiger partial charge in [-0.3, -0.25) is 9.59 Å². The summed E-state index contributed by atoms with van der Waals surface area (Å²) in [6, 6.07) is 12.4. The molecule has 7 heteroatoms. The zero-order chi connectivity index (χ0) is 23.5. The van der Waals surface area contributed by atoms with Gasteiger partial charge in [-0.15, -0.1) is 0 Å². The van der Waals surface area contributed by atoms with Crippen LogP contribution >= 0.6 is 11.6 Å². The second-order valence-electron chi connectivity index (χ2n) is 7.66. The highest BCUT2D eigenvalue weighted by atomic mass is 35.5. The summed E-state index contributed by atoms with van der Waals surface area (Å²) in [5, 5.41) is 3.56. The fourth-order valence-electron chi connectivity index (χ4n) is 3.34. The quantitative estimate of drug-likeness (QED) is 0.469. The zero-order valence-electron chi connectivity index (χ0n) is 19.3. The minimum atomic E-state index is -0.583. The minimum Gasteiger partial charge on any atom is -0.493 e. The summed E-state index contributed by atoms with van der Waals surface area (Å²) in [5.41, 5.74) is 1.88. The van der Waals surface area contributed by atoms with Crippen molar-refractivity contribution in [3.63, 3.8) is 0 Å². The number of methoxy groups -OCH3 is 2. The predicted octanol–water partition coefficient (Wildman–Crippen LogP) is 4.62. The number of carbonyl (C=O) groups is 2. The van der Waals surface area contributed by atoms with E-state index in [9.17, 15) is 9.59 Å². The molecule has 0 aliphatic heterocycles. The number of hydrogen-bond acceptors (Lipinski definition) is 4. The summed E-state index contributed by atoms with van der Waals surface area (Å²) >= 11 is 5.99. The third-order valence-corrected chi connectivity index (χ3v) is 5.59. The number of carbonyl (C=O) groups excluding carboxylic acids is 2. The standard InChI is InChI=1S/C25H33ClN2O4/c1-5-6-15-27-25(30)18(2)28(17-20-7-11-21(26)12-8-20)24(29)14-10-19-9-13-22(31-3)23(16-19)32-4/h7-9,11-13,16,18H,5-6,10,14-15,17H2,1-4H3,(H,27,30)/t18-/m0/s1. The van der Waals surface area contributed by atoms with Crippen molar-refractivity contribution in [1.29, 1.82) is 0 Å². The van der Waals surface area contributed by atoms with Gasteiger partial charge >= 0.3 is 0 Å². The van der Waals surface area contributed by atoms with Gasteiger partial charge in [0.25, 0.3) is 0 Å². The molecule has 0 bridgehead atoms. The highest BCUT2D eigenvalue weighted by Crippen LogP contribution is 2.28. The van der Waals surface area contributed by atoms with Crippen molar-refractivity contribution >= 4 is 23.4 Å². The molecule has 0 radical (unpaired) electrons. The number of hydrogen-bond donors (Lipinski definition) is 1. The van der Waals surface area contributed by atoms with E-state index in [1.54, 1.807) is 38.2 Å². The van der Waals surface area contributed by atoms with Crippen LogP contribution in [0.4, 0.5) is 0 Å². The summed E-state index contributed by atoms with van der Waals surface area (Å²) in [7, 11) is 3.17. The molecule has 0 spiro atoms. The van der Waals surface area contributed by atoms with Crippen LogP contribution in [0.25, 0.3) is 0 Å². The van der Waals surface area contributed by atoms with E-state index in [1.165, 1.54) is 0 Å².